The van der Waals surface area contributed by atoms with Crippen LogP contribution in [0.2, 0.25) is 0 Å². The molecule has 0 spiro atoms. The standard InChI is InChI=1S/C20H39N5O/c1-3-22-20(25-13-7-9-18(16-25)14-19(21)26)23-10-4-5-11-24-12-6-8-17(2)15-24/h17-18H,3-16H2,1-2H3,(H2,21,26)(H,22,23). The Morgan fingerprint density at radius 2 is 2.00 bits per heavy atom. The predicted molar refractivity (Wildman–Crippen MR) is 108 cm³/mol. The molecule has 2 aliphatic heterocycles. The molecule has 0 aromatic heterocycles. The number of guanidine groups is 1. The fourth-order valence-electron chi connectivity index (χ4n) is 4.26. The Morgan fingerprint density at radius 1 is 1.19 bits per heavy atom. The molecular formula is C20H39N5O. The summed E-state index contributed by atoms with van der Waals surface area (Å²) in [4.78, 5) is 21.0. The van der Waals surface area contributed by atoms with Gasteiger partial charge >= 0.3 is 0 Å². The highest BCUT2D eigenvalue weighted by Crippen LogP contribution is 2.19. The summed E-state index contributed by atoms with van der Waals surface area (Å²) < 4.78 is 0. The summed E-state index contributed by atoms with van der Waals surface area (Å²) in [6.45, 7) is 11.9. The molecule has 3 N–H and O–H groups in total. The highest BCUT2D eigenvalue weighted by molar-refractivity contribution is 5.80. The number of unbranched alkanes of at least 4 members (excludes halogenated alkanes) is 1. The van der Waals surface area contributed by atoms with Gasteiger partial charge in [0.1, 0.15) is 0 Å². The zero-order valence-corrected chi connectivity index (χ0v) is 16.9. The lowest BCUT2D eigenvalue weighted by Crippen LogP contribution is -2.47. The van der Waals surface area contributed by atoms with Crippen LogP contribution in [0, 0.1) is 11.8 Å². The van der Waals surface area contributed by atoms with Crippen molar-refractivity contribution in [1.29, 1.82) is 0 Å². The first-order chi connectivity index (χ1) is 12.6. The molecule has 0 bridgehead atoms. The van der Waals surface area contributed by atoms with Crippen LogP contribution in [0.25, 0.3) is 0 Å². The van der Waals surface area contributed by atoms with Crippen LogP contribution in [0.5, 0.6) is 0 Å². The first-order valence-electron chi connectivity index (χ1n) is 10.6. The van der Waals surface area contributed by atoms with Crippen LogP contribution in [0.1, 0.15) is 58.8 Å². The molecule has 2 rings (SSSR count). The second kappa shape index (κ2) is 11.4. The van der Waals surface area contributed by atoms with Gasteiger partial charge in [-0.2, -0.15) is 0 Å². The maximum absolute atomic E-state index is 11.2. The molecule has 1 amide bonds. The minimum Gasteiger partial charge on any atom is -0.370 e. The maximum Gasteiger partial charge on any atom is 0.217 e. The zero-order valence-electron chi connectivity index (χ0n) is 16.9. The molecule has 2 aliphatic rings. The monoisotopic (exact) mass is 365 g/mol. The van der Waals surface area contributed by atoms with Crippen LogP contribution >= 0.6 is 0 Å². The lowest BCUT2D eigenvalue weighted by molar-refractivity contribution is -0.119. The van der Waals surface area contributed by atoms with Gasteiger partial charge in [-0.15, -0.1) is 0 Å². The highest BCUT2D eigenvalue weighted by Gasteiger charge is 2.23. The second-order valence-electron chi connectivity index (χ2n) is 8.12. The molecule has 6 nitrogen and oxygen atoms in total. The number of primary amides is 1. The minimum atomic E-state index is -0.189. The molecule has 26 heavy (non-hydrogen) atoms. The van der Waals surface area contributed by atoms with Gasteiger partial charge in [0, 0.05) is 39.1 Å². The normalized spacial score (nSPS) is 25.3. The van der Waals surface area contributed by atoms with E-state index in [-0.39, 0.29) is 5.91 Å². The molecular weight excluding hydrogens is 326 g/mol. The lowest BCUT2D eigenvalue weighted by atomic mass is 9.95. The van der Waals surface area contributed by atoms with Gasteiger partial charge in [0.25, 0.3) is 0 Å². The van der Waals surface area contributed by atoms with Crippen molar-refractivity contribution in [2.24, 2.45) is 22.6 Å². The number of aliphatic imine (C=N–C) groups is 1. The molecule has 0 aromatic carbocycles. The molecule has 6 heteroatoms. The number of carbonyl (C=O) groups is 1. The van der Waals surface area contributed by atoms with E-state index in [1.165, 1.54) is 38.9 Å². The number of nitrogens with two attached hydrogens (primary N) is 1. The van der Waals surface area contributed by atoms with Gasteiger partial charge in [0.2, 0.25) is 5.91 Å². The second-order valence-corrected chi connectivity index (χ2v) is 8.12. The number of piperidine rings is 2. The Bertz CT molecular complexity index is 453. The van der Waals surface area contributed by atoms with E-state index in [0.717, 1.165) is 57.3 Å². The number of nitrogens with zero attached hydrogens (tertiary/aromatic N) is 3. The fraction of sp³-hybridized carbons (Fsp3) is 0.900. The average Bonchev–Trinajstić information content (AvgIpc) is 2.60. The van der Waals surface area contributed by atoms with Crippen molar-refractivity contribution < 1.29 is 4.79 Å². The number of likely N-dealkylation sites (tertiary alicyclic amines) is 2. The van der Waals surface area contributed by atoms with Crippen molar-refractivity contribution in [2.45, 2.75) is 58.8 Å². The Kier molecular flexibility index (Phi) is 9.23. The van der Waals surface area contributed by atoms with Crippen LogP contribution in [-0.4, -0.2) is 67.5 Å². The lowest BCUT2D eigenvalue weighted by Gasteiger charge is -2.34. The van der Waals surface area contributed by atoms with E-state index in [0.29, 0.717) is 12.3 Å². The van der Waals surface area contributed by atoms with Crippen molar-refractivity contribution in [1.82, 2.24) is 15.1 Å². The summed E-state index contributed by atoms with van der Waals surface area (Å²) >= 11 is 0. The summed E-state index contributed by atoms with van der Waals surface area (Å²) in [6.07, 6.45) is 7.79. The van der Waals surface area contributed by atoms with Crippen LogP contribution in [0.15, 0.2) is 4.99 Å². The van der Waals surface area contributed by atoms with Crippen molar-refractivity contribution in [3.63, 3.8) is 0 Å². The largest absolute Gasteiger partial charge is 0.370 e. The molecule has 0 aromatic rings. The quantitative estimate of drug-likeness (QED) is 0.392. The molecule has 0 radical (unpaired) electrons. The number of nitrogens with one attached hydrogen (secondary N) is 1. The zero-order chi connectivity index (χ0) is 18.8. The van der Waals surface area contributed by atoms with Crippen LogP contribution in [0.4, 0.5) is 0 Å². The molecule has 2 fully saturated rings. The molecule has 2 atom stereocenters. The highest BCUT2D eigenvalue weighted by atomic mass is 16.1. The van der Waals surface area contributed by atoms with E-state index in [1.807, 2.05) is 0 Å². The van der Waals surface area contributed by atoms with Crippen LogP contribution in [0.3, 0.4) is 0 Å². The Morgan fingerprint density at radius 3 is 2.73 bits per heavy atom. The first kappa shape index (κ1) is 21.0. The predicted octanol–water partition coefficient (Wildman–Crippen LogP) is 2.05. The third kappa shape index (κ3) is 7.52. The Hall–Kier alpha value is -1.30. The number of hydrogen-bond donors (Lipinski definition) is 2. The molecule has 0 saturated carbocycles. The molecule has 2 heterocycles. The summed E-state index contributed by atoms with van der Waals surface area (Å²) in [7, 11) is 0. The fourth-order valence-corrected chi connectivity index (χ4v) is 4.26. The van der Waals surface area contributed by atoms with Crippen molar-refractivity contribution in [2.75, 3.05) is 45.8 Å². The van der Waals surface area contributed by atoms with E-state index in [1.54, 1.807) is 0 Å². The maximum atomic E-state index is 11.2. The van der Waals surface area contributed by atoms with Crippen LogP contribution < -0.4 is 11.1 Å². The van der Waals surface area contributed by atoms with Gasteiger partial charge in [0.05, 0.1) is 0 Å². The number of carbonyl (C=O) groups excluding carboxylic acids is 1. The molecule has 0 aliphatic carbocycles. The van der Waals surface area contributed by atoms with Crippen molar-refractivity contribution >= 4 is 11.9 Å². The number of hydrogen-bond acceptors (Lipinski definition) is 3. The van der Waals surface area contributed by atoms with E-state index in [9.17, 15) is 4.79 Å². The average molecular weight is 366 g/mol. The molecule has 2 saturated heterocycles. The van der Waals surface area contributed by atoms with Gasteiger partial charge in [-0.05, 0) is 70.4 Å². The van der Waals surface area contributed by atoms with Crippen molar-refractivity contribution in [3.8, 4) is 0 Å². The van der Waals surface area contributed by atoms with Gasteiger partial charge in [-0.3, -0.25) is 9.79 Å². The van der Waals surface area contributed by atoms with E-state index in [2.05, 4.69) is 29.0 Å². The summed E-state index contributed by atoms with van der Waals surface area (Å²) in [5, 5.41) is 3.42. The van der Waals surface area contributed by atoms with Gasteiger partial charge in [0.15, 0.2) is 5.96 Å². The summed E-state index contributed by atoms with van der Waals surface area (Å²) in [6, 6.07) is 0. The number of amides is 1. The van der Waals surface area contributed by atoms with Gasteiger partial charge < -0.3 is 20.9 Å². The van der Waals surface area contributed by atoms with Gasteiger partial charge in [-0.1, -0.05) is 6.92 Å². The minimum absolute atomic E-state index is 0.189. The Balaban J connectivity index is 1.74. The summed E-state index contributed by atoms with van der Waals surface area (Å²) in [5.41, 5.74) is 5.38. The first-order valence-corrected chi connectivity index (χ1v) is 10.6. The third-order valence-corrected chi connectivity index (χ3v) is 5.53. The topological polar surface area (TPSA) is 74.0 Å². The summed E-state index contributed by atoms with van der Waals surface area (Å²) in [5.74, 6) is 2.04. The van der Waals surface area contributed by atoms with E-state index >= 15 is 0 Å². The smallest absolute Gasteiger partial charge is 0.217 e. The van der Waals surface area contributed by atoms with Crippen molar-refractivity contribution in [3.05, 3.63) is 0 Å². The van der Waals surface area contributed by atoms with Crippen LogP contribution in [-0.2, 0) is 4.79 Å². The van der Waals surface area contributed by atoms with Gasteiger partial charge in [-0.25, -0.2) is 0 Å². The third-order valence-electron chi connectivity index (χ3n) is 5.53. The molecule has 2 unspecified atom stereocenters. The Labute approximate surface area is 159 Å². The van der Waals surface area contributed by atoms with E-state index in [4.69, 9.17) is 10.7 Å². The SMILES string of the molecule is CCNC(=NCCCCN1CCCC(C)C1)N1CCCC(CC(N)=O)C1. The number of rotatable bonds is 8. The van der Waals surface area contributed by atoms with E-state index < -0.39 is 0 Å². The molecule has 150 valence electrons.